The lowest BCUT2D eigenvalue weighted by atomic mass is 9.98. The Morgan fingerprint density at radius 1 is 1.00 bits per heavy atom. The van der Waals surface area contributed by atoms with E-state index in [-0.39, 0.29) is 23.6 Å². The lowest BCUT2D eigenvalue weighted by Crippen LogP contribution is -2.32. The molecule has 0 aromatic heterocycles. The summed E-state index contributed by atoms with van der Waals surface area (Å²) in [6.07, 6.45) is 2.57. The Morgan fingerprint density at radius 3 is 2.17 bits per heavy atom. The topological polar surface area (TPSA) is 56.1 Å². The largest absolute Gasteiger partial charge is 0.343 e. The Bertz CT molecular complexity index is 1060. The molecular weight excluding hydrogens is 370 g/mol. The maximum Gasteiger partial charge on any atom is 0.264 e. The molecule has 1 N–H and O–H groups in total. The van der Waals surface area contributed by atoms with Gasteiger partial charge in [-0.25, -0.2) is 0 Å². The molecule has 0 saturated carbocycles. The van der Waals surface area contributed by atoms with Crippen molar-refractivity contribution in [2.75, 3.05) is 4.90 Å². The van der Waals surface area contributed by atoms with Gasteiger partial charge in [0.15, 0.2) is 0 Å². The van der Waals surface area contributed by atoms with Gasteiger partial charge in [-0.3, -0.25) is 4.79 Å². The molecule has 148 valence electrons. The number of nitriles is 1. The van der Waals surface area contributed by atoms with Crippen molar-refractivity contribution in [1.29, 1.82) is 5.26 Å². The first-order chi connectivity index (χ1) is 14.7. The summed E-state index contributed by atoms with van der Waals surface area (Å²) in [5, 5.41) is 12.8. The molecule has 3 aromatic carbocycles. The van der Waals surface area contributed by atoms with Crippen LogP contribution < -0.4 is 10.2 Å². The van der Waals surface area contributed by atoms with Gasteiger partial charge in [0.25, 0.3) is 5.91 Å². The van der Waals surface area contributed by atoms with Crippen LogP contribution in [-0.4, -0.2) is 11.9 Å². The van der Waals surface area contributed by atoms with Crippen molar-refractivity contribution in [1.82, 2.24) is 5.32 Å². The predicted molar refractivity (Wildman–Crippen MR) is 119 cm³/mol. The monoisotopic (exact) mass is 393 g/mol. The summed E-state index contributed by atoms with van der Waals surface area (Å²) in [5.41, 5.74) is 4.30. The number of hydrogen-bond donors (Lipinski definition) is 1. The Hall–Kier alpha value is -3.84. The van der Waals surface area contributed by atoms with Gasteiger partial charge in [0, 0.05) is 17.9 Å². The molecule has 0 fully saturated rings. The average Bonchev–Trinajstić information content (AvgIpc) is 3.11. The fraction of sp³-hybridized carbons (Fsp3) is 0.154. The molecule has 4 heteroatoms. The minimum absolute atomic E-state index is 0.0930. The van der Waals surface area contributed by atoms with Crippen LogP contribution in [0.5, 0.6) is 0 Å². The van der Waals surface area contributed by atoms with Crippen LogP contribution in [0.15, 0.2) is 96.7 Å². The average molecular weight is 393 g/mol. The van der Waals surface area contributed by atoms with Crippen molar-refractivity contribution in [3.05, 3.63) is 113 Å². The third-order valence-corrected chi connectivity index (χ3v) is 5.43. The van der Waals surface area contributed by atoms with Crippen LogP contribution in [-0.2, 0) is 11.2 Å². The van der Waals surface area contributed by atoms with Crippen molar-refractivity contribution in [3.63, 3.8) is 0 Å². The molecular formula is C26H23N3O. The lowest BCUT2D eigenvalue weighted by molar-refractivity contribution is -0.117. The molecule has 0 spiro atoms. The van der Waals surface area contributed by atoms with E-state index in [2.05, 4.69) is 24.4 Å². The van der Waals surface area contributed by atoms with E-state index in [4.69, 9.17) is 0 Å². The number of carbonyl (C=O) groups is 1. The van der Waals surface area contributed by atoms with E-state index in [9.17, 15) is 10.1 Å². The van der Waals surface area contributed by atoms with E-state index in [1.165, 1.54) is 5.56 Å². The lowest BCUT2D eigenvalue weighted by Gasteiger charge is -2.22. The first-order valence-electron chi connectivity index (χ1n) is 10.1. The number of nitrogens with one attached hydrogen (secondary N) is 1. The normalized spacial score (nSPS) is 15.6. The van der Waals surface area contributed by atoms with E-state index in [1.54, 1.807) is 6.20 Å². The number of benzene rings is 3. The van der Waals surface area contributed by atoms with E-state index < -0.39 is 0 Å². The summed E-state index contributed by atoms with van der Waals surface area (Å²) in [6.45, 7) is 2.10. The zero-order valence-electron chi connectivity index (χ0n) is 16.8. The molecule has 0 aliphatic carbocycles. The first kappa shape index (κ1) is 19.5. The second kappa shape index (κ2) is 8.67. The highest BCUT2D eigenvalue weighted by atomic mass is 16.1. The molecule has 3 aromatic rings. The first-order valence-corrected chi connectivity index (χ1v) is 10.1. The highest BCUT2D eigenvalue weighted by molar-refractivity contribution is 5.98. The van der Waals surface area contributed by atoms with E-state index in [0.29, 0.717) is 0 Å². The van der Waals surface area contributed by atoms with E-state index in [0.717, 1.165) is 23.2 Å². The van der Waals surface area contributed by atoms with E-state index >= 15 is 0 Å². The van der Waals surface area contributed by atoms with Crippen LogP contribution in [0.3, 0.4) is 0 Å². The maximum atomic E-state index is 13.1. The molecule has 30 heavy (non-hydrogen) atoms. The van der Waals surface area contributed by atoms with Crippen molar-refractivity contribution in [2.24, 2.45) is 0 Å². The second-order valence-corrected chi connectivity index (χ2v) is 7.47. The summed E-state index contributed by atoms with van der Waals surface area (Å²) in [7, 11) is 0. The maximum absolute atomic E-state index is 13.1. The number of rotatable bonds is 5. The number of fused-ring (bicyclic) bond motifs is 1. The van der Waals surface area contributed by atoms with E-state index in [1.807, 2.05) is 83.8 Å². The number of amides is 1. The fourth-order valence-corrected chi connectivity index (χ4v) is 3.92. The zero-order chi connectivity index (χ0) is 20.9. The third-order valence-electron chi connectivity index (χ3n) is 5.43. The summed E-state index contributed by atoms with van der Waals surface area (Å²) in [6, 6.07) is 29.6. The highest BCUT2D eigenvalue weighted by Gasteiger charge is 2.26. The van der Waals surface area contributed by atoms with Crippen LogP contribution >= 0.6 is 0 Å². The zero-order valence-corrected chi connectivity index (χ0v) is 16.8. The molecule has 0 bridgehead atoms. The Morgan fingerprint density at radius 2 is 1.57 bits per heavy atom. The highest BCUT2D eigenvalue weighted by Crippen LogP contribution is 2.32. The third kappa shape index (κ3) is 3.97. The molecule has 1 amide bonds. The van der Waals surface area contributed by atoms with Gasteiger partial charge in [0.2, 0.25) is 0 Å². The van der Waals surface area contributed by atoms with Crippen LogP contribution in [0.2, 0.25) is 0 Å². The van der Waals surface area contributed by atoms with Crippen molar-refractivity contribution in [3.8, 4) is 6.07 Å². The molecule has 1 atom stereocenters. The Kier molecular flexibility index (Phi) is 5.63. The van der Waals surface area contributed by atoms with Crippen LogP contribution in [0.4, 0.5) is 5.69 Å². The van der Waals surface area contributed by atoms with Gasteiger partial charge in [0.05, 0.1) is 6.04 Å². The van der Waals surface area contributed by atoms with Gasteiger partial charge >= 0.3 is 0 Å². The SMILES string of the molecule is CC1Cc2ccccc2N1/C=C(/C#N)C(=O)NC(c1ccccc1)c1ccccc1. The van der Waals surface area contributed by atoms with Crippen molar-refractivity contribution in [2.45, 2.75) is 25.4 Å². The molecule has 0 saturated heterocycles. The standard InChI is InChI=1S/C26H23N3O/c1-19-16-22-14-8-9-15-24(22)29(19)18-23(17-27)26(30)28-25(20-10-4-2-5-11-20)21-12-6-3-7-13-21/h2-15,18-19,25H,16H2,1H3,(H,28,30)/b23-18-. The van der Waals surface area contributed by atoms with Crippen molar-refractivity contribution < 1.29 is 4.79 Å². The molecule has 1 unspecified atom stereocenters. The molecule has 4 nitrogen and oxygen atoms in total. The number of anilines is 1. The summed E-state index contributed by atoms with van der Waals surface area (Å²) in [5.74, 6) is -0.383. The predicted octanol–water partition coefficient (Wildman–Crippen LogP) is 4.75. The van der Waals surface area contributed by atoms with Crippen molar-refractivity contribution >= 4 is 11.6 Å². The molecule has 1 heterocycles. The molecule has 4 rings (SSSR count). The Balaban J connectivity index is 1.63. The second-order valence-electron chi connectivity index (χ2n) is 7.47. The fourth-order valence-electron chi connectivity index (χ4n) is 3.92. The van der Waals surface area contributed by atoms with Gasteiger partial charge in [-0.15, -0.1) is 0 Å². The molecule has 1 aliphatic heterocycles. The van der Waals surface area contributed by atoms with Gasteiger partial charge in [-0.1, -0.05) is 78.9 Å². The molecule has 0 radical (unpaired) electrons. The Labute approximate surface area is 177 Å². The van der Waals surface area contributed by atoms with Gasteiger partial charge in [-0.05, 0) is 36.1 Å². The van der Waals surface area contributed by atoms with Gasteiger partial charge < -0.3 is 10.2 Å². The minimum Gasteiger partial charge on any atom is -0.343 e. The van der Waals surface area contributed by atoms with Gasteiger partial charge in [0.1, 0.15) is 11.6 Å². The quantitative estimate of drug-likeness (QED) is 0.503. The van der Waals surface area contributed by atoms with Crippen LogP contribution in [0.1, 0.15) is 29.7 Å². The minimum atomic E-state index is -0.383. The number of para-hydroxylation sites is 1. The number of nitrogens with zero attached hydrogens (tertiary/aromatic N) is 2. The summed E-state index contributed by atoms with van der Waals surface area (Å²) >= 11 is 0. The summed E-state index contributed by atoms with van der Waals surface area (Å²) < 4.78 is 0. The molecule has 1 aliphatic rings. The smallest absolute Gasteiger partial charge is 0.264 e. The number of carbonyl (C=O) groups excluding carboxylic acids is 1. The van der Waals surface area contributed by atoms with Crippen LogP contribution in [0.25, 0.3) is 0 Å². The summed E-state index contributed by atoms with van der Waals surface area (Å²) in [4.78, 5) is 15.1. The van der Waals surface area contributed by atoms with Gasteiger partial charge in [-0.2, -0.15) is 5.26 Å². The van der Waals surface area contributed by atoms with Crippen LogP contribution in [0, 0.1) is 11.3 Å². The number of hydrogen-bond acceptors (Lipinski definition) is 3.